The summed E-state index contributed by atoms with van der Waals surface area (Å²) in [5.41, 5.74) is 5.90. The number of benzene rings is 4. The van der Waals surface area contributed by atoms with Gasteiger partial charge in [-0.05, 0) is 10.8 Å². The Morgan fingerprint density at radius 1 is 0.643 bits per heavy atom. The van der Waals surface area contributed by atoms with Crippen LogP contribution in [0.3, 0.4) is 0 Å². The van der Waals surface area contributed by atoms with Gasteiger partial charge in [-0.2, -0.15) is 6.08 Å². The molecule has 0 heterocycles. The van der Waals surface area contributed by atoms with Gasteiger partial charge in [0.2, 0.25) is 0 Å². The number of halogens is 2. The second-order valence-electron chi connectivity index (χ2n) is 12.4. The molecule has 0 saturated heterocycles. The molecule has 0 spiro atoms. The summed E-state index contributed by atoms with van der Waals surface area (Å²) in [6, 6.07) is 37.3. The summed E-state index contributed by atoms with van der Waals surface area (Å²) >= 11 is 1.08. The standard InChI is InChI=1S/C21H25.C13H10.C5H5.2ClH.Hf/c1-20(2,3)16-9-7-14-11-15-8-10-17(21(4,5)6)13-19(15)18(14)12-16;1-3-7-12(8-4-1)11-13-9-5-2-6-10-13;1-2-4-5-3-1;;;/h7-13H,1-6H3;1-10H;1-3H,4H2;2*1H;/q-1;;-1;;;+2/p-2. The van der Waals surface area contributed by atoms with Crippen LogP contribution in [0.2, 0.25) is 0 Å². The van der Waals surface area contributed by atoms with E-state index in [2.05, 4.69) is 157 Å². The Morgan fingerprint density at radius 3 is 1.38 bits per heavy atom. The summed E-state index contributed by atoms with van der Waals surface area (Å²) in [6.07, 6.45) is 10.0. The Morgan fingerprint density at radius 2 is 1.07 bits per heavy atom. The molecule has 0 bridgehead atoms. The van der Waals surface area contributed by atoms with E-state index in [9.17, 15) is 0 Å². The zero-order chi connectivity index (χ0) is 28.8. The maximum atomic E-state index is 2.99. The van der Waals surface area contributed by atoms with Crippen LogP contribution >= 0.6 is 0 Å². The van der Waals surface area contributed by atoms with E-state index in [-0.39, 0.29) is 35.6 Å². The van der Waals surface area contributed by atoms with Gasteiger partial charge in [-0.3, -0.25) is 6.08 Å². The van der Waals surface area contributed by atoms with Gasteiger partial charge < -0.3 is 24.8 Å². The maximum absolute atomic E-state index is 2.99. The number of hydrogen-bond acceptors (Lipinski definition) is 0. The van der Waals surface area contributed by atoms with Gasteiger partial charge in [0, 0.05) is 0 Å². The first-order valence-electron chi connectivity index (χ1n) is 14.1. The van der Waals surface area contributed by atoms with Gasteiger partial charge in [0.05, 0.1) is 0 Å². The summed E-state index contributed by atoms with van der Waals surface area (Å²) in [5, 5.41) is 5.49. The van der Waals surface area contributed by atoms with Crippen LogP contribution in [0.15, 0.2) is 121 Å². The van der Waals surface area contributed by atoms with E-state index in [0.717, 1.165) is 30.3 Å². The fourth-order valence-corrected chi connectivity index (χ4v) is 5.85. The van der Waals surface area contributed by atoms with Crippen molar-refractivity contribution in [2.24, 2.45) is 0 Å². The summed E-state index contributed by atoms with van der Waals surface area (Å²) in [6.45, 7) is 13.7. The quantitative estimate of drug-likeness (QED) is 0.185. The van der Waals surface area contributed by atoms with E-state index >= 15 is 0 Å². The first-order chi connectivity index (χ1) is 19.0. The van der Waals surface area contributed by atoms with E-state index in [4.69, 9.17) is 0 Å². The topological polar surface area (TPSA) is 0 Å². The third kappa shape index (κ3) is 9.53. The van der Waals surface area contributed by atoms with Crippen LogP contribution in [0.4, 0.5) is 0 Å². The second kappa shape index (κ2) is 15.9. The van der Waals surface area contributed by atoms with E-state index in [1.54, 1.807) is 0 Å². The first kappa shape index (κ1) is 35.7. The van der Waals surface area contributed by atoms with E-state index in [0.29, 0.717) is 0 Å². The van der Waals surface area contributed by atoms with Crippen molar-refractivity contribution < 1.29 is 48.7 Å². The molecule has 0 aliphatic heterocycles. The average Bonchev–Trinajstić information content (AvgIpc) is 3.64. The minimum atomic E-state index is 0. The Hall–Kier alpha value is -2.45. The molecular weight excluding hydrogens is 718 g/mol. The molecule has 1 aliphatic carbocycles. The zero-order valence-corrected chi connectivity index (χ0v) is 30.6. The van der Waals surface area contributed by atoms with Crippen LogP contribution in [-0.4, -0.2) is 3.26 Å². The molecule has 0 radical (unpaired) electrons. The molecule has 0 aromatic heterocycles. The summed E-state index contributed by atoms with van der Waals surface area (Å²) in [4.78, 5) is 0. The van der Waals surface area contributed by atoms with E-state index < -0.39 is 0 Å². The molecule has 0 N–H and O–H groups in total. The molecule has 6 rings (SSSR count). The average molecular weight is 758 g/mol. The molecule has 0 amide bonds. The van der Waals surface area contributed by atoms with Crippen molar-refractivity contribution in [3.63, 3.8) is 0 Å². The molecule has 0 fully saturated rings. The molecular formula is C39H40Cl2Hf-2. The SMILES string of the molecule is CC(C)(C)c1ccc2[cH-]c3ccc(C(C)(C)C)cc3c2c1.[C-]1=CC=CC1.[Cl-].[Cl-].[Hf+2]=[C](c1ccccc1)c1ccccc1. The third-order valence-corrected chi connectivity index (χ3v) is 9.22. The number of hydrogen-bond donors (Lipinski definition) is 0. The number of fused-ring (bicyclic) bond motifs is 3. The molecule has 0 unspecified atom stereocenters. The molecule has 3 heteroatoms. The van der Waals surface area contributed by atoms with Crippen LogP contribution in [0.1, 0.15) is 70.2 Å². The monoisotopic (exact) mass is 758 g/mol. The van der Waals surface area contributed by atoms with Gasteiger partial charge in [-0.1, -0.05) is 76.9 Å². The second-order valence-corrected chi connectivity index (χ2v) is 14.2. The van der Waals surface area contributed by atoms with Crippen LogP contribution in [0, 0.1) is 6.08 Å². The molecule has 216 valence electrons. The molecule has 42 heavy (non-hydrogen) atoms. The first-order valence-corrected chi connectivity index (χ1v) is 15.9. The Kier molecular flexibility index (Phi) is 13.5. The van der Waals surface area contributed by atoms with E-state index in [1.807, 2.05) is 12.2 Å². The van der Waals surface area contributed by atoms with Crippen molar-refractivity contribution in [1.29, 1.82) is 0 Å². The van der Waals surface area contributed by atoms with Gasteiger partial charge in [0.25, 0.3) is 0 Å². The number of allylic oxidation sites excluding steroid dienone is 4. The molecule has 5 aromatic carbocycles. The Bertz CT molecular complexity index is 1510. The van der Waals surface area contributed by atoms with Gasteiger partial charge in [-0.15, -0.1) is 46.2 Å². The summed E-state index contributed by atoms with van der Waals surface area (Å²) in [5.74, 6) is 0. The molecule has 5 aromatic rings. The zero-order valence-electron chi connectivity index (χ0n) is 25.5. The number of rotatable bonds is 2. The Labute approximate surface area is 280 Å². The third-order valence-electron chi connectivity index (χ3n) is 7.15. The molecule has 0 atom stereocenters. The van der Waals surface area contributed by atoms with Gasteiger partial charge in [0.1, 0.15) is 0 Å². The summed E-state index contributed by atoms with van der Waals surface area (Å²) in [7, 11) is 0. The summed E-state index contributed by atoms with van der Waals surface area (Å²) < 4.78 is 1.46. The van der Waals surface area contributed by atoms with Gasteiger partial charge >= 0.3 is 98.9 Å². The van der Waals surface area contributed by atoms with Crippen molar-refractivity contribution >= 4 is 24.8 Å². The van der Waals surface area contributed by atoms with Crippen molar-refractivity contribution in [1.82, 2.24) is 0 Å². The van der Waals surface area contributed by atoms with Gasteiger partial charge in [0.15, 0.2) is 0 Å². The van der Waals surface area contributed by atoms with E-state index in [1.165, 1.54) is 47.1 Å². The van der Waals surface area contributed by atoms with Crippen molar-refractivity contribution in [2.45, 2.75) is 58.8 Å². The van der Waals surface area contributed by atoms with Crippen LogP contribution in [0.25, 0.3) is 21.5 Å². The fraction of sp³-hybridized carbons (Fsp3) is 0.231. The normalized spacial score (nSPS) is 12.0. The molecule has 0 saturated carbocycles. The van der Waals surface area contributed by atoms with Crippen molar-refractivity contribution in [3.05, 3.63) is 150 Å². The minimum absolute atomic E-state index is 0. The van der Waals surface area contributed by atoms with Gasteiger partial charge in [-0.25, -0.2) is 12.2 Å². The predicted octanol–water partition coefficient (Wildman–Crippen LogP) is 4.42. The van der Waals surface area contributed by atoms with Crippen LogP contribution < -0.4 is 24.8 Å². The van der Waals surface area contributed by atoms with Crippen molar-refractivity contribution in [2.75, 3.05) is 0 Å². The molecule has 1 aliphatic rings. The molecule has 0 nitrogen and oxygen atoms in total. The fourth-order valence-electron chi connectivity index (χ4n) is 4.65. The van der Waals surface area contributed by atoms with Crippen molar-refractivity contribution in [3.8, 4) is 0 Å². The van der Waals surface area contributed by atoms with Crippen LogP contribution in [-0.2, 0) is 34.7 Å². The Balaban J connectivity index is 0.000000253. The predicted molar refractivity (Wildman–Crippen MR) is 172 cm³/mol. The van der Waals surface area contributed by atoms with Crippen LogP contribution in [0.5, 0.6) is 0 Å².